The number of rotatable bonds is 5. The molecule has 0 saturated heterocycles. The minimum Gasteiger partial charge on any atom is -0.408 e. The van der Waals surface area contributed by atoms with Crippen LogP contribution in [0.2, 0.25) is 0 Å². The SMILES string of the molecule is COCOCc1nc(C(F)(F)F)ccc1OC(N)=O. The van der Waals surface area contributed by atoms with E-state index < -0.39 is 18.0 Å². The Hall–Kier alpha value is -1.87. The number of halogens is 3. The highest BCUT2D eigenvalue weighted by atomic mass is 19.4. The lowest BCUT2D eigenvalue weighted by atomic mass is 10.2. The molecule has 1 amide bonds. The van der Waals surface area contributed by atoms with Crippen LogP contribution in [-0.4, -0.2) is 25.0 Å². The van der Waals surface area contributed by atoms with Crippen LogP contribution in [0.3, 0.4) is 0 Å². The Balaban J connectivity index is 3.00. The molecular weight excluding hydrogens is 269 g/mol. The fraction of sp³-hybridized carbons (Fsp3) is 0.400. The van der Waals surface area contributed by atoms with E-state index in [0.29, 0.717) is 6.07 Å². The second-order valence-electron chi connectivity index (χ2n) is 3.32. The van der Waals surface area contributed by atoms with Gasteiger partial charge in [0, 0.05) is 7.11 Å². The molecule has 0 aliphatic rings. The summed E-state index contributed by atoms with van der Waals surface area (Å²) < 4.78 is 51.5. The first-order chi connectivity index (χ1) is 8.84. The first-order valence-electron chi connectivity index (χ1n) is 4.95. The number of carbonyl (C=O) groups is 1. The number of nitrogens with zero attached hydrogens (tertiary/aromatic N) is 1. The molecule has 1 aromatic heterocycles. The van der Waals surface area contributed by atoms with Gasteiger partial charge in [-0.3, -0.25) is 0 Å². The standard InChI is InChI=1S/C10H11F3N2O4/c1-17-5-18-4-6-7(19-9(14)16)2-3-8(15-6)10(11,12)13/h2-3H,4-5H2,1H3,(H2,14,16). The molecule has 1 heterocycles. The van der Waals surface area contributed by atoms with Gasteiger partial charge in [-0.1, -0.05) is 0 Å². The van der Waals surface area contributed by atoms with Gasteiger partial charge in [-0.15, -0.1) is 0 Å². The van der Waals surface area contributed by atoms with Crippen LogP contribution in [0.4, 0.5) is 18.0 Å². The molecule has 0 aromatic carbocycles. The molecular formula is C10H11F3N2O4. The number of aromatic nitrogens is 1. The summed E-state index contributed by atoms with van der Waals surface area (Å²) in [4.78, 5) is 13.9. The van der Waals surface area contributed by atoms with Crippen LogP contribution in [0.25, 0.3) is 0 Å². The van der Waals surface area contributed by atoms with Crippen LogP contribution in [0.1, 0.15) is 11.4 Å². The Morgan fingerprint density at radius 3 is 2.63 bits per heavy atom. The third kappa shape index (κ3) is 4.72. The number of hydrogen-bond acceptors (Lipinski definition) is 5. The average Bonchev–Trinajstić information content (AvgIpc) is 2.29. The predicted octanol–water partition coefficient (Wildman–Crippen LogP) is 1.68. The Morgan fingerprint density at radius 2 is 2.11 bits per heavy atom. The van der Waals surface area contributed by atoms with E-state index in [1.807, 2.05) is 0 Å². The summed E-state index contributed by atoms with van der Waals surface area (Å²) in [6.07, 6.45) is -5.77. The molecule has 2 N–H and O–H groups in total. The van der Waals surface area contributed by atoms with Crippen LogP contribution >= 0.6 is 0 Å². The highest BCUT2D eigenvalue weighted by Gasteiger charge is 2.33. The highest BCUT2D eigenvalue weighted by molar-refractivity contribution is 5.68. The first-order valence-corrected chi connectivity index (χ1v) is 4.95. The Bertz CT molecular complexity index is 451. The quantitative estimate of drug-likeness (QED) is 0.655. The number of primary amides is 1. The van der Waals surface area contributed by atoms with Crippen molar-refractivity contribution in [2.75, 3.05) is 13.9 Å². The maximum absolute atomic E-state index is 12.5. The Labute approximate surface area is 106 Å². The number of ether oxygens (including phenoxy) is 3. The summed E-state index contributed by atoms with van der Waals surface area (Å²) in [5.41, 5.74) is 3.47. The summed E-state index contributed by atoms with van der Waals surface area (Å²) in [7, 11) is 1.35. The van der Waals surface area contributed by atoms with Crippen LogP contribution in [-0.2, 0) is 22.3 Å². The van der Waals surface area contributed by atoms with Gasteiger partial charge in [0.2, 0.25) is 0 Å². The van der Waals surface area contributed by atoms with E-state index in [9.17, 15) is 18.0 Å². The zero-order chi connectivity index (χ0) is 14.5. The second-order valence-corrected chi connectivity index (χ2v) is 3.32. The zero-order valence-electron chi connectivity index (χ0n) is 9.86. The molecule has 0 saturated carbocycles. The number of amides is 1. The van der Waals surface area contributed by atoms with Crippen LogP contribution < -0.4 is 10.5 Å². The number of carbonyl (C=O) groups excluding carboxylic acids is 1. The average molecular weight is 280 g/mol. The van der Waals surface area contributed by atoms with Crippen molar-refractivity contribution in [3.05, 3.63) is 23.5 Å². The van der Waals surface area contributed by atoms with Gasteiger partial charge in [0.1, 0.15) is 18.2 Å². The second kappa shape index (κ2) is 6.34. The third-order valence-corrected chi connectivity index (χ3v) is 1.87. The monoisotopic (exact) mass is 280 g/mol. The molecule has 0 aliphatic heterocycles. The molecule has 1 aromatic rings. The summed E-state index contributed by atoms with van der Waals surface area (Å²) in [5.74, 6) is -0.198. The molecule has 0 atom stereocenters. The molecule has 0 fully saturated rings. The highest BCUT2D eigenvalue weighted by Crippen LogP contribution is 2.30. The van der Waals surface area contributed by atoms with Crippen molar-refractivity contribution in [3.8, 4) is 5.75 Å². The van der Waals surface area contributed by atoms with E-state index in [1.54, 1.807) is 0 Å². The van der Waals surface area contributed by atoms with E-state index >= 15 is 0 Å². The van der Waals surface area contributed by atoms with Crippen LogP contribution in [0.15, 0.2) is 12.1 Å². The van der Waals surface area contributed by atoms with Gasteiger partial charge in [0.05, 0.1) is 6.61 Å². The molecule has 0 unspecified atom stereocenters. The number of hydrogen-bond donors (Lipinski definition) is 1. The van der Waals surface area contributed by atoms with E-state index in [0.717, 1.165) is 6.07 Å². The van der Waals surface area contributed by atoms with Crippen molar-refractivity contribution >= 4 is 6.09 Å². The van der Waals surface area contributed by atoms with Crippen LogP contribution in [0.5, 0.6) is 5.75 Å². The Kier molecular flexibility index (Phi) is 5.07. The summed E-state index contributed by atoms with van der Waals surface area (Å²) in [6.45, 7) is -0.464. The van der Waals surface area contributed by atoms with Crippen molar-refractivity contribution in [2.24, 2.45) is 5.73 Å². The fourth-order valence-corrected chi connectivity index (χ4v) is 1.17. The fourth-order valence-electron chi connectivity index (χ4n) is 1.17. The van der Waals surface area contributed by atoms with Gasteiger partial charge in [-0.25, -0.2) is 9.78 Å². The molecule has 6 nitrogen and oxygen atoms in total. The molecule has 0 radical (unpaired) electrons. The topological polar surface area (TPSA) is 83.7 Å². The van der Waals surface area contributed by atoms with Gasteiger partial charge >= 0.3 is 12.3 Å². The molecule has 106 valence electrons. The largest absolute Gasteiger partial charge is 0.433 e. The van der Waals surface area contributed by atoms with Crippen molar-refractivity contribution in [1.82, 2.24) is 4.98 Å². The van der Waals surface area contributed by atoms with E-state index in [2.05, 4.69) is 14.5 Å². The number of alkyl halides is 3. The maximum atomic E-state index is 12.5. The lowest BCUT2D eigenvalue weighted by Crippen LogP contribution is -2.19. The zero-order valence-corrected chi connectivity index (χ0v) is 9.86. The van der Waals surface area contributed by atoms with Crippen molar-refractivity contribution in [1.29, 1.82) is 0 Å². The summed E-state index contributed by atoms with van der Waals surface area (Å²) in [6, 6.07) is 1.63. The van der Waals surface area contributed by atoms with Crippen molar-refractivity contribution in [2.45, 2.75) is 12.8 Å². The summed E-state index contributed by atoms with van der Waals surface area (Å²) in [5, 5.41) is 0. The third-order valence-electron chi connectivity index (χ3n) is 1.87. The molecule has 0 spiro atoms. The van der Waals surface area contributed by atoms with Gasteiger partial charge in [0.15, 0.2) is 5.75 Å². The van der Waals surface area contributed by atoms with Gasteiger partial charge in [-0.2, -0.15) is 13.2 Å². The molecule has 19 heavy (non-hydrogen) atoms. The van der Waals surface area contributed by atoms with E-state index in [1.165, 1.54) is 7.11 Å². The number of pyridine rings is 1. The number of methoxy groups -OCH3 is 1. The van der Waals surface area contributed by atoms with Crippen molar-refractivity contribution in [3.63, 3.8) is 0 Å². The molecule has 9 heteroatoms. The minimum absolute atomic E-state index is 0.145. The van der Waals surface area contributed by atoms with E-state index in [-0.39, 0.29) is 24.8 Å². The van der Waals surface area contributed by atoms with E-state index in [4.69, 9.17) is 10.5 Å². The van der Waals surface area contributed by atoms with Gasteiger partial charge < -0.3 is 19.9 Å². The predicted molar refractivity (Wildman–Crippen MR) is 56.1 cm³/mol. The van der Waals surface area contributed by atoms with Crippen molar-refractivity contribution < 1.29 is 32.2 Å². The van der Waals surface area contributed by atoms with Gasteiger partial charge in [-0.05, 0) is 12.1 Å². The normalized spacial score (nSPS) is 11.4. The Morgan fingerprint density at radius 1 is 1.42 bits per heavy atom. The smallest absolute Gasteiger partial charge is 0.408 e. The number of nitrogens with two attached hydrogens (primary N) is 1. The summed E-state index contributed by atoms with van der Waals surface area (Å²) >= 11 is 0. The van der Waals surface area contributed by atoms with Crippen LogP contribution in [0, 0.1) is 0 Å². The molecule has 1 rings (SSSR count). The minimum atomic E-state index is -4.61. The van der Waals surface area contributed by atoms with Gasteiger partial charge in [0.25, 0.3) is 0 Å². The molecule has 0 bridgehead atoms. The lowest BCUT2D eigenvalue weighted by Gasteiger charge is -2.11. The molecule has 0 aliphatic carbocycles. The first kappa shape index (κ1) is 15.2. The maximum Gasteiger partial charge on any atom is 0.433 e. The lowest BCUT2D eigenvalue weighted by molar-refractivity contribution is -0.141.